The summed E-state index contributed by atoms with van der Waals surface area (Å²) in [4.78, 5) is 34.0. The summed E-state index contributed by atoms with van der Waals surface area (Å²) in [6.07, 6.45) is 14.8. The minimum Gasteiger partial charge on any atom is -0.490 e. The van der Waals surface area contributed by atoms with E-state index in [1.807, 2.05) is 44.2 Å². The van der Waals surface area contributed by atoms with Crippen LogP contribution in [0.15, 0.2) is 72.8 Å². The van der Waals surface area contributed by atoms with Crippen LogP contribution in [0.5, 0.6) is 11.5 Å². The molecule has 0 atom stereocenters. The molecule has 0 heterocycles. The minimum absolute atomic E-state index is 0.0505. The second kappa shape index (κ2) is 21.9. The molecule has 354 valence electrons. The van der Waals surface area contributed by atoms with Crippen molar-refractivity contribution in [2.24, 2.45) is 39.2 Å². The summed E-state index contributed by atoms with van der Waals surface area (Å²) in [6.45, 7) is 20.6. The van der Waals surface area contributed by atoms with E-state index in [0.717, 1.165) is 98.3 Å². The van der Waals surface area contributed by atoms with Gasteiger partial charge in [0, 0.05) is 25.2 Å². The number of nitrogens with one attached hydrogen (secondary N) is 1. The number of fused-ring (bicyclic) bond motifs is 2. The van der Waals surface area contributed by atoms with E-state index in [9.17, 15) is 14.4 Å². The van der Waals surface area contributed by atoms with Crippen molar-refractivity contribution in [3.63, 3.8) is 0 Å². The molecule has 4 aliphatic carbocycles. The van der Waals surface area contributed by atoms with Gasteiger partial charge in [-0.25, -0.2) is 0 Å². The molecular formula is C56H78N2O7. The molecule has 4 aromatic carbocycles. The molecule has 4 saturated carbocycles. The third-order valence-electron chi connectivity index (χ3n) is 14.6. The van der Waals surface area contributed by atoms with Crippen LogP contribution < -0.4 is 20.5 Å². The predicted molar refractivity (Wildman–Crippen MR) is 262 cm³/mol. The fourth-order valence-corrected chi connectivity index (χ4v) is 9.58. The summed E-state index contributed by atoms with van der Waals surface area (Å²) in [5.41, 5.74) is 7.58. The molecular weight excluding hydrogens is 813 g/mol. The van der Waals surface area contributed by atoms with Crippen LogP contribution >= 0.6 is 0 Å². The van der Waals surface area contributed by atoms with Crippen LogP contribution in [0.4, 0.5) is 0 Å². The highest BCUT2D eigenvalue weighted by Crippen LogP contribution is 2.47. The van der Waals surface area contributed by atoms with Crippen LogP contribution in [0.25, 0.3) is 21.5 Å². The van der Waals surface area contributed by atoms with Crippen LogP contribution in [-0.4, -0.2) is 56.7 Å². The van der Waals surface area contributed by atoms with E-state index in [1.165, 1.54) is 42.0 Å². The van der Waals surface area contributed by atoms with Crippen LogP contribution in [0, 0.1) is 33.5 Å². The number of carbonyl (C=O) groups is 3. The molecule has 0 amide bonds. The monoisotopic (exact) mass is 891 g/mol. The molecule has 4 fully saturated rings. The van der Waals surface area contributed by atoms with Crippen molar-refractivity contribution in [1.82, 2.24) is 5.32 Å². The van der Waals surface area contributed by atoms with Gasteiger partial charge in [-0.3, -0.25) is 14.4 Å². The average Bonchev–Trinajstić information content (AvgIpc) is 4.24. The number of hydrogen-bond donors (Lipinski definition) is 2. The van der Waals surface area contributed by atoms with E-state index in [1.54, 1.807) is 0 Å². The summed E-state index contributed by atoms with van der Waals surface area (Å²) in [7, 11) is 0. The number of benzene rings is 4. The maximum atomic E-state index is 12.1. The molecule has 0 bridgehead atoms. The Labute approximate surface area is 389 Å². The molecule has 8 rings (SSSR count). The molecule has 9 heteroatoms. The van der Waals surface area contributed by atoms with Crippen LogP contribution in [-0.2, 0) is 25.6 Å². The first-order chi connectivity index (χ1) is 31.0. The number of aldehydes is 1. The van der Waals surface area contributed by atoms with Gasteiger partial charge in [0.15, 0.2) is 0 Å². The molecule has 4 aromatic rings. The van der Waals surface area contributed by atoms with Gasteiger partial charge in [0.05, 0.1) is 36.3 Å². The summed E-state index contributed by atoms with van der Waals surface area (Å²) >= 11 is 0. The Morgan fingerprint density at radius 3 is 1.48 bits per heavy atom. The van der Waals surface area contributed by atoms with Crippen LogP contribution in [0.2, 0.25) is 0 Å². The first-order valence-corrected chi connectivity index (χ1v) is 24.6. The maximum absolute atomic E-state index is 12.1. The van der Waals surface area contributed by atoms with E-state index in [0.29, 0.717) is 54.9 Å². The van der Waals surface area contributed by atoms with Gasteiger partial charge in [0.1, 0.15) is 17.8 Å². The summed E-state index contributed by atoms with van der Waals surface area (Å²) in [6, 6.07) is 24.9. The smallest absolute Gasteiger partial charge is 0.313 e. The van der Waals surface area contributed by atoms with Gasteiger partial charge >= 0.3 is 11.9 Å². The normalized spacial score (nSPS) is 22.0. The molecule has 0 unspecified atom stereocenters. The quantitative estimate of drug-likeness (QED) is 0.0940. The van der Waals surface area contributed by atoms with Crippen molar-refractivity contribution in [2.45, 2.75) is 151 Å². The standard InChI is InChI=1S/C28H39NO3.C21H26O2.C7H13NO2/c1-5-31-26(30)28(14-15-28)19-29-18-20-6-7-22-17-25(11-8-21(22)16-20)32-24-12-9-23(10-13-24)27(2,3)4;1-21(2,3)18-7-10-19(11-8-18)23-20-9-6-16-12-15(14-22)4-5-17(16)13-20;1-2-10-6(9)7(5-8)3-4-7/h6-8,11,16-17,23-24,29H,5,9-10,12-15,18-19H2,1-4H3;4-6,9,12-14,18-19H,7-8,10-11H2,1-3H3;2-5,8H2,1H3. The molecule has 9 nitrogen and oxygen atoms in total. The largest absolute Gasteiger partial charge is 0.490 e. The number of esters is 2. The Morgan fingerprint density at radius 1 is 0.615 bits per heavy atom. The molecule has 65 heavy (non-hydrogen) atoms. The SMILES string of the molecule is CC(C)(C)C1CCC(Oc2ccc3cc(C=O)ccc3c2)CC1.CCOC(=O)C1(CN)CC1.CCOC(=O)C1(CNCc2ccc3cc(OC4CCC(C(C)(C)C)CC4)ccc3c2)CC1. The molecule has 4 aliphatic rings. The maximum Gasteiger partial charge on any atom is 0.313 e. The van der Waals surface area contributed by atoms with Gasteiger partial charge in [-0.15, -0.1) is 0 Å². The second-order valence-corrected chi connectivity index (χ2v) is 21.5. The first-order valence-electron chi connectivity index (χ1n) is 24.6. The number of hydrogen-bond acceptors (Lipinski definition) is 9. The first kappa shape index (κ1) is 50.0. The predicted octanol–water partition coefficient (Wildman–Crippen LogP) is 12.2. The zero-order valence-corrected chi connectivity index (χ0v) is 40.8. The topological polar surface area (TPSA) is 126 Å². The van der Waals surface area contributed by atoms with E-state index >= 15 is 0 Å². The lowest BCUT2D eigenvalue weighted by Crippen LogP contribution is -2.31. The minimum atomic E-state index is -0.287. The van der Waals surface area contributed by atoms with Crippen molar-refractivity contribution in [3.8, 4) is 11.5 Å². The van der Waals surface area contributed by atoms with E-state index in [-0.39, 0.29) is 22.8 Å². The van der Waals surface area contributed by atoms with E-state index < -0.39 is 0 Å². The lowest BCUT2D eigenvalue weighted by Gasteiger charge is -2.37. The van der Waals surface area contributed by atoms with Crippen molar-refractivity contribution in [3.05, 3.63) is 83.9 Å². The van der Waals surface area contributed by atoms with Gasteiger partial charge < -0.3 is 30.0 Å². The number of nitrogens with two attached hydrogens (primary N) is 1. The molecule has 0 saturated heterocycles. The third-order valence-corrected chi connectivity index (χ3v) is 14.6. The van der Waals surface area contributed by atoms with Crippen LogP contribution in [0.3, 0.4) is 0 Å². The zero-order valence-electron chi connectivity index (χ0n) is 40.8. The van der Waals surface area contributed by atoms with Gasteiger partial charge in [-0.05, 0) is 177 Å². The third kappa shape index (κ3) is 13.8. The Morgan fingerprint density at radius 2 is 1.05 bits per heavy atom. The highest BCUT2D eigenvalue weighted by Gasteiger charge is 2.51. The van der Waals surface area contributed by atoms with Crippen LogP contribution in [0.1, 0.15) is 148 Å². The highest BCUT2D eigenvalue weighted by molar-refractivity contribution is 5.90. The Kier molecular flexibility index (Phi) is 16.8. The fourth-order valence-electron chi connectivity index (χ4n) is 9.58. The van der Waals surface area contributed by atoms with Crippen molar-refractivity contribution in [2.75, 3.05) is 26.3 Å². The summed E-state index contributed by atoms with van der Waals surface area (Å²) < 4.78 is 22.6. The molecule has 0 radical (unpaired) electrons. The average molecular weight is 891 g/mol. The molecule has 0 aliphatic heterocycles. The van der Waals surface area contributed by atoms with Gasteiger partial charge in [-0.1, -0.05) is 77.9 Å². The number of rotatable bonds is 14. The van der Waals surface area contributed by atoms with Crippen molar-refractivity contribution in [1.29, 1.82) is 0 Å². The Balaban J connectivity index is 0.000000184. The van der Waals surface area contributed by atoms with Gasteiger partial charge in [-0.2, -0.15) is 0 Å². The van der Waals surface area contributed by atoms with Crippen molar-refractivity contribution >= 4 is 39.8 Å². The van der Waals surface area contributed by atoms with Gasteiger partial charge in [0.25, 0.3) is 0 Å². The summed E-state index contributed by atoms with van der Waals surface area (Å²) in [5, 5.41) is 8.10. The number of ether oxygens (including phenoxy) is 4. The lowest BCUT2D eigenvalue weighted by atomic mass is 9.72. The molecule has 0 aromatic heterocycles. The Hall–Kier alpha value is -4.47. The summed E-state index contributed by atoms with van der Waals surface area (Å²) in [5.74, 6) is 3.37. The van der Waals surface area contributed by atoms with Crippen molar-refractivity contribution < 1.29 is 33.3 Å². The fraction of sp³-hybridized carbons (Fsp3) is 0.589. The lowest BCUT2D eigenvalue weighted by molar-refractivity contribution is -0.150. The number of carbonyl (C=O) groups excluding carboxylic acids is 3. The Bertz CT molecular complexity index is 2200. The molecule has 0 spiro atoms. The van der Waals surface area contributed by atoms with E-state index in [2.05, 4.69) is 89.3 Å². The molecule has 3 N–H and O–H groups in total. The zero-order chi connectivity index (χ0) is 46.8. The van der Waals surface area contributed by atoms with Gasteiger partial charge in [0.2, 0.25) is 0 Å². The van der Waals surface area contributed by atoms with E-state index in [4.69, 9.17) is 24.7 Å². The second-order valence-electron chi connectivity index (χ2n) is 21.5. The highest BCUT2D eigenvalue weighted by atomic mass is 16.5.